The fraction of sp³-hybridized carbons (Fsp3) is 0.733. The highest BCUT2D eigenvalue weighted by atomic mass is 16.5. The van der Waals surface area contributed by atoms with Crippen molar-refractivity contribution < 1.29 is 9.26 Å². The van der Waals surface area contributed by atoms with Gasteiger partial charge in [0.2, 0.25) is 11.7 Å². The minimum absolute atomic E-state index is 0.342. The minimum Gasteiger partial charge on any atom is -0.370 e. The van der Waals surface area contributed by atoms with E-state index in [4.69, 9.17) is 21.4 Å². The third-order valence-corrected chi connectivity index (χ3v) is 4.31. The lowest BCUT2D eigenvalue weighted by atomic mass is 9.70. The Kier molecular flexibility index (Phi) is 4.17. The molecule has 0 aliphatic heterocycles. The maximum absolute atomic E-state index is 5.90. The molecule has 1 atom stereocenters. The van der Waals surface area contributed by atoms with Crippen LogP contribution in [0.5, 0.6) is 0 Å². The van der Waals surface area contributed by atoms with Crippen molar-refractivity contribution in [3.05, 3.63) is 11.7 Å². The van der Waals surface area contributed by atoms with Crippen molar-refractivity contribution >= 4 is 0 Å². The molecule has 0 bridgehead atoms. The molecule has 1 aromatic rings. The first-order chi connectivity index (χ1) is 9.42. The van der Waals surface area contributed by atoms with Crippen LogP contribution in [0.15, 0.2) is 4.52 Å². The summed E-state index contributed by atoms with van der Waals surface area (Å²) in [6.07, 6.45) is 9.56. The molecule has 5 nitrogen and oxygen atoms in total. The van der Waals surface area contributed by atoms with Gasteiger partial charge in [-0.15, -0.1) is 12.3 Å². The lowest BCUT2D eigenvalue weighted by Crippen LogP contribution is -2.37. The molecule has 1 aliphatic carbocycles. The SMILES string of the molecule is C#CCC(N)c1nc(C2(OC)CCC(C)(C)CC2)no1. The predicted molar refractivity (Wildman–Crippen MR) is 75.6 cm³/mol. The van der Waals surface area contributed by atoms with Crippen molar-refractivity contribution in [1.82, 2.24) is 10.1 Å². The average Bonchev–Trinajstić information content (AvgIpc) is 2.90. The minimum atomic E-state index is -0.451. The first kappa shape index (κ1) is 15.0. The van der Waals surface area contributed by atoms with E-state index in [2.05, 4.69) is 29.9 Å². The zero-order valence-corrected chi connectivity index (χ0v) is 12.5. The van der Waals surface area contributed by atoms with Gasteiger partial charge in [-0.05, 0) is 31.1 Å². The zero-order valence-electron chi connectivity index (χ0n) is 12.5. The highest BCUT2D eigenvalue weighted by molar-refractivity contribution is 5.07. The van der Waals surface area contributed by atoms with E-state index in [0.29, 0.717) is 23.6 Å². The quantitative estimate of drug-likeness (QED) is 0.856. The summed E-state index contributed by atoms with van der Waals surface area (Å²) in [7, 11) is 1.70. The Morgan fingerprint density at radius 3 is 2.60 bits per heavy atom. The molecule has 1 aliphatic rings. The molecule has 1 heterocycles. The number of methoxy groups -OCH3 is 1. The lowest BCUT2D eigenvalue weighted by molar-refractivity contribution is -0.0740. The summed E-state index contributed by atoms with van der Waals surface area (Å²) in [4.78, 5) is 4.42. The first-order valence-electron chi connectivity index (χ1n) is 7.01. The van der Waals surface area contributed by atoms with Crippen LogP contribution in [0.3, 0.4) is 0 Å². The Balaban J connectivity index is 2.19. The number of nitrogens with zero attached hydrogens (tertiary/aromatic N) is 2. The Morgan fingerprint density at radius 2 is 2.05 bits per heavy atom. The van der Waals surface area contributed by atoms with Crippen molar-refractivity contribution in [2.45, 2.75) is 57.6 Å². The molecular weight excluding hydrogens is 254 g/mol. The van der Waals surface area contributed by atoms with E-state index in [0.717, 1.165) is 25.7 Å². The second-order valence-electron chi connectivity index (χ2n) is 6.33. The van der Waals surface area contributed by atoms with Gasteiger partial charge in [0.25, 0.3) is 0 Å². The van der Waals surface area contributed by atoms with Gasteiger partial charge >= 0.3 is 0 Å². The normalized spacial score (nSPS) is 22.1. The van der Waals surface area contributed by atoms with Gasteiger partial charge in [-0.2, -0.15) is 4.98 Å². The summed E-state index contributed by atoms with van der Waals surface area (Å²) in [5.74, 6) is 3.49. The van der Waals surface area contributed by atoms with Crippen molar-refractivity contribution in [2.24, 2.45) is 11.1 Å². The molecule has 0 radical (unpaired) electrons. The van der Waals surface area contributed by atoms with Gasteiger partial charge in [-0.25, -0.2) is 0 Å². The molecule has 1 fully saturated rings. The van der Waals surface area contributed by atoms with E-state index in [1.54, 1.807) is 7.11 Å². The largest absolute Gasteiger partial charge is 0.370 e. The third kappa shape index (κ3) is 2.87. The molecule has 1 saturated carbocycles. The number of ether oxygens (including phenoxy) is 1. The summed E-state index contributed by atoms with van der Waals surface area (Å²) < 4.78 is 11.0. The molecule has 110 valence electrons. The topological polar surface area (TPSA) is 74.2 Å². The molecule has 20 heavy (non-hydrogen) atoms. The van der Waals surface area contributed by atoms with Crippen LogP contribution in [0.25, 0.3) is 0 Å². The summed E-state index contributed by atoms with van der Waals surface area (Å²) in [6, 6.07) is -0.407. The fourth-order valence-corrected chi connectivity index (χ4v) is 2.63. The molecule has 1 aromatic heterocycles. The maximum atomic E-state index is 5.90. The molecule has 0 amide bonds. The van der Waals surface area contributed by atoms with E-state index in [-0.39, 0.29) is 0 Å². The number of terminal acetylenes is 1. The van der Waals surface area contributed by atoms with Crippen molar-refractivity contribution in [3.63, 3.8) is 0 Å². The second-order valence-corrected chi connectivity index (χ2v) is 6.33. The average molecular weight is 277 g/mol. The zero-order chi connectivity index (χ0) is 14.8. The van der Waals surface area contributed by atoms with Crippen molar-refractivity contribution in [3.8, 4) is 12.3 Å². The van der Waals surface area contributed by atoms with Crippen LogP contribution in [0.1, 0.15) is 63.7 Å². The summed E-state index contributed by atoms with van der Waals surface area (Å²) in [5, 5.41) is 4.07. The van der Waals surface area contributed by atoms with Gasteiger partial charge in [0.1, 0.15) is 5.60 Å². The first-order valence-corrected chi connectivity index (χ1v) is 7.01. The van der Waals surface area contributed by atoms with Crippen LogP contribution >= 0.6 is 0 Å². The summed E-state index contributed by atoms with van der Waals surface area (Å²) in [5.41, 5.74) is 5.79. The van der Waals surface area contributed by atoms with Gasteiger partial charge in [0, 0.05) is 13.5 Å². The number of aromatic nitrogens is 2. The van der Waals surface area contributed by atoms with Crippen LogP contribution in [-0.4, -0.2) is 17.3 Å². The van der Waals surface area contributed by atoms with Gasteiger partial charge in [0.05, 0.1) is 6.04 Å². The van der Waals surface area contributed by atoms with Gasteiger partial charge in [0.15, 0.2) is 0 Å². The molecule has 0 aromatic carbocycles. The highest BCUT2D eigenvalue weighted by Gasteiger charge is 2.43. The Bertz CT molecular complexity index is 491. The molecule has 0 saturated heterocycles. The number of nitrogens with two attached hydrogens (primary N) is 1. The van der Waals surface area contributed by atoms with Crippen LogP contribution < -0.4 is 5.73 Å². The van der Waals surface area contributed by atoms with Gasteiger partial charge < -0.3 is 15.0 Å². The Morgan fingerprint density at radius 1 is 1.40 bits per heavy atom. The van der Waals surface area contributed by atoms with Crippen LogP contribution in [0.4, 0.5) is 0 Å². The molecular formula is C15H23N3O2. The Hall–Kier alpha value is -1.38. The van der Waals surface area contributed by atoms with E-state index in [9.17, 15) is 0 Å². The van der Waals surface area contributed by atoms with Crippen LogP contribution in [0.2, 0.25) is 0 Å². The van der Waals surface area contributed by atoms with E-state index < -0.39 is 11.6 Å². The number of rotatable bonds is 4. The molecule has 2 rings (SSSR count). The van der Waals surface area contributed by atoms with E-state index in [1.807, 2.05) is 0 Å². The lowest BCUT2D eigenvalue weighted by Gasteiger charge is -2.40. The van der Waals surface area contributed by atoms with Gasteiger partial charge in [-0.3, -0.25) is 0 Å². The van der Waals surface area contributed by atoms with Gasteiger partial charge in [-0.1, -0.05) is 19.0 Å². The predicted octanol–water partition coefficient (Wildman–Crippen LogP) is 2.53. The summed E-state index contributed by atoms with van der Waals surface area (Å²) in [6.45, 7) is 4.55. The van der Waals surface area contributed by atoms with Crippen LogP contribution in [0, 0.1) is 17.8 Å². The summed E-state index contributed by atoms with van der Waals surface area (Å²) >= 11 is 0. The highest BCUT2D eigenvalue weighted by Crippen LogP contribution is 2.46. The maximum Gasteiger partial charge on any atom is 0.244 e. The third-order valence-electron chi connectivity index (χ3n) is 4.31. The molecule has 5 heteroatoms. The van der Waals surface area contributed by atoms with Crippen LogP contribution in [-0.2, 0) is 10.3 Å². The van der Waals surface area contributed by atoms with Crippen molar-refractivity contribution in [2.75, 3.05) is 7.11 Å². The Labute approximate surface area is 120 Å². The van der Waals surface area contributed by atoms with E-state index >= 15 is 0 Å². The monoisotopic (exact) mass is 277 g/mol. The smallest absolute Gasteiger partial charge is 0.244 e. The van der Waals surface area contributed by atoms with E-state index in [1.165, 1.54) is 0 Å². The van der Waals surface area contributed by atoms with Crippen molar-refractivity contribution in [1.29, 1.82) is 0 Å². The molecule has 0 spiro atoms. The number of hydrogen-bond acceptors (Lipinski definition) is 5. The standard InChI is InChI=1S/C15H23N3O2/c1-5-6-11(16)12-17-13(18-20-12)15(19-4)9-7-14(2,3)8-10-15/h1,11H,6-10,16H2,2-4H3. The fourth-order valence-electron chi connectivity index (χ4n) is 2.63. The second kappa shape index (κ2) is 5.55. The molecule has 1 unspecified atom stereocenters. The number of hydrogen-bond donors (Lipinski definition) is 1. The molecule has 2 N–H and O–H groups in total.